The Bertz CT molecular complexity index is 1150. The van der Waals surface area contributed by atoms with Crippen LogP contribution in [0.5, 0.6) is 0 Å². The van der Waals surface area contributed by atoms with Crippen molar-refractivity contribution in [2.75, 3.05) is 12.3 Å². The van der Waals surface area contributed by atoms with Crippen LogP contribution in [0.2, 0.25) is 5.02 Å². The molecule has 3 heterocycles. The van der Waals surface area contributed by atoms with E-state index in [4.69, 9.17) is 27.3 Å². The molecule has 3 N–H and O–H groups in total. The number of imidazole rings is 1. The number of anilines is 1. The van der Waals surface area contributed by atoms with E-state index in [2.05, 4.69) is 33.7 Å². The number of nitrogens with zero attached hydrogens (tertiary/aromatic N) is 5. The number of nitrogens with two attached hydrogens (primary N) is 1. The topological polar surface area (TPSA) is 94.5 Å². The fourth-order valence-corrected chi connectivity index (χ4v) is 5.70. The largest absolute Gasteiger partial charge is 0.382 e. The summed E-state index contributed by atoms with van der Waals surface area (Å²) >= 11 is 9.40. The fraction of sp³-hybridized carbons (Fsp3) is 0.400. The number of aromatic nitrogens is 5. The molecule has 0 unspecified atom stereocenters. The molecular formula is C20H24ClN7S2. The number of nitrogens with one attached hydrogen (secondary N) is 1. The van der Waals surface area contributed by atoms with Gasteiger partial charge in [0, 0.05) is 12.6 Å². The maximum Gasteiger partial charge on any atom is 0.177 e. The first-order valence-electron chi connectivity index (χ1n) is 10.0. The molecule has 0 aliphatic rings. The lowest BCUT2D eigenvalue weighted by Gasteiger charge is -2.15. The third kappa shape index (κ3) is 4.39. The Hall–Kier alpha value is -1.94. The van der Waals surface area contributed by atoms with E-state index >= 15 is 0 Å². The zero-order valence-corrected chi connectivity index (χ0v) is 19.3. The molecule has 10 heteroatoms. The maximum atomic E-state index is 6.32. The highest BCUT2D eigenvalue weighted by molar-refractivity contribution is 8.01. The van der Waals surface area contributed by atoms with Crippen molar-refractivity contribution < 1.29 is 0 Å². The van der Waals surface area contributed by atoms with Gasteiger partial charge in [-0.15, -0.1) is 11.3 Å². The Kier molecular flexibility index (Phi) is 6.72. The molecule has 0 saturated carbocycles. The van der Waals surface area contributed by atoms with Gasteiger partial charge in [-0.2, -0.15) is 0 Å². The number of halogens is 1. The van der Waals surface area contributed by atoms with E-state index < -0.39 is 0 Å². The van der Waals surface area contributed by atoms with Crippen molar-refractivity contribution in [2.24, 2.45) is 0 Å². The third-order valence-electron chi connectivity index (χ3n) is 5.03. The molecule has 0 amide bonds. The van der Waals surface area contributed by atoms with Gasteiger partial charge in [-0.25, -0.2) is 19.9 Å². The second-order valence-corrected chi connectivity index (χ2v) is 9.59. The second kappa shape index (κ2) is 9.47. The average molecular weight is 462 g/mol. The predicted molar refractivity (Wildman–Crippen MR) is 125 cm³/mol. The number of aryl methyl sites for hydroxylation is 1. The van der Waals surface area contributed by atoms with Crippen molar-refractivity contribution in [2.45, 2.75) is 55.2 Å². The van der Waals surface area contributed by atoms with E-state index in [-0.39, 0.29) is 0 Å². The van der Waals surface area contributed by atoms with E-state index in [9.17, 15) is 0 Å². The maximum absolute atomic E-state index is 6.32. The summed E-state index contributed by atoms with van der Waals surface area (Å²) in [5, 5.41) is 5.14. The molecule has 0 saturated heterocycles. The van der Waals surface area contributed by atoms with Crippen LogP contribution in [0.4, 0.5) is 5.82 Å². The van der Waals surface area contributed by atoms with Gasteiger partial charge in [-0.05, 0) is 49.7 Å². The molecule has 0 radical (unpaired) electrons. The van der Waals surface area contributed by atoms with Gasteiger partial charge in [-0.3, -0.25) is 0 Å². The number of hydrogen-bond donors (Lipinski definition) is 2. The first-order chi connectivity index (χ1) is 14.6. The number of fused-ring (bicyclic) bond motifs is 2. The standard InChI is InChI=1S/C20H24ClN7S2/c1-3-12(4-2)23-9-6-10-28-18-15(17(22)24-11-25-18)27-19(28)30-20-26-14-8-5-7-13(21)16(14)29-20/h5,7-8,11-12,23H,3-4,6,9-10H2,1-2H3,(H2,22,24,25). The van der Waals surface area contributed by atoms with Crippen molar-refractivity contribution >= 4 is 61.9 Å². The molecule has 0 aliphatic carbocycles. The van der Waals surface area contributed by atoms with E-state index in [0.717, 1.165) is 57.7 Å². The first kappa shape index (κ1) is 21.3. The van der Waals surface area contributed by atoms with Crippen LogP contribution in [0.1, 0.15) is 33.1 Å². The first-order valence-corrected chi connectivity index (χ1v) is 12.0. The van der Waals surface area contributed by atoms with E-state index in [0.29, 0.717) is 22.4 Å². The molecule has 3 aromatic heterocycles. The van der Waals surface area contributed by atoms with Crippen LogP contribution in [-0.2, 0) is 6.54 Å². The fourth-order valence-electron chi connectivity index (χ4n) is 3.35. The lowest BCUT2D eigenvalue weighted by Crippen LogP contribution is -2.29. The number of thiazole rings is 1. The molecule has 7 nitrogen and oxygen atoms in total. The Balaban J connectivity index is 1.60. The van der Waals surface area contributed by atoms with E-state index in [1.807, 2.05) is 18.2 Å². The molecule has 30 heavy (non-hydrogen) atoms. The molecule has 0 aliphatic heterocycles. The van der Waals surface area contributed by atoms with Crippen LogP contribution in [-0.4, -0.2) is 37.1 Å². The minimum absolute atomic E-state index is 0.392. The van der Waals surface area contributed by atoms with E-state index in [1.54, 1.807) is 11.3 Å². The Morgan fingerprint density at radius 2 is 2.07 bits per heavy atom. The van der Waals surface area contributed by atoms with Crippen LogP contribution in [0.3, 0.4) is 0 Å². The zero-order chi connectivity index (χ0) is 21.1. The molecule has 0 spiro atoms. The van der Waals surface area contributed by atoms with Gasteiger partial charge in [-0.1, -0.05) is 31.5 Å². The predicted octanol–water partition coefficient (Wildman–Crippen LogP) is 4.99. The third-order valence-corrected chi connectivity index (χ3v) is 7.61. The molecule has 4 aromatic rings. The molecule has 0 fully saturated rings. The summed E-state index contributed by atoms with van der Waals surface area (Å²) in [6.45, 7) is 6.15. The summed E-state index contributed by atoms with van der Waals surface area (Å²) in [5.74, 6) is 0.392. The zero-order valence-electron chi connectivity index (χ0n) is 16.9. The quantitative estimate of drug-likeness (QED) is 0.339. The molecule has 0 bridgehead atoms. The Morgan fingerprint density at radius 1 is 1.23 bits per heavy atom. The highest BCUT2D eigenvalue weighted by Gasteiger charge is 2.18. The van der Waals surface area contributed by atoms with Crippen molar-refractivity contribution in [3.63, 3.8) is 0 Å². The second-order valence-electron chi connectivity index (χ2n) is 6.97. The number of hydrogen-bond acceptors (Lipinski definition) is 8. The van der Waals surface area contributed by atoms with Crippen LogP contribution < -0.4 is 11.1 Å². The molecule has 4 rings (SSSR count). The Morgan fingerprint density at radius 3 is 2.83 bits per heavy atom. The smallest absolute Gasteiger partial charge is 0.177 e. The highest BCUT2D eigenvalue weighted by Crippen LogP contribution is 2.38. The number of benzene rings is 1. The minimum atomic E-state index is 0.392. The van der Waals surface area contributed by atoms with Crippen molar-refractivity contribution in [3.8, 4) is 0 Å². The van der Waals surface area contributed by atoms with Crippen molar-refractivity contribution in [3.05, 3.63) is 29.5 Å². The number of nitrogen functional groups attached to an aromatic ring is 1. The molecule has 158 valence electrons. The summed E-state index contributed by atoms with van der Waals surface area (Å²) in [6, 6.07) is 6.33. The molecule has 1 aromatic carbocycles. The summed E-state index contributed by atoms with van der Waals surface area (Å²) in [6.07, 6.45) is 4.72. The Labute approximate surface area is 188 Å². The normalized spacial score (nSPS) is 11.9. The van der Waals surface area contributed by atoms with Gasteiger partial charge in [0.2, 0.25) is 0 Å². The number of rotatable bonds is 9. The van der Waals surface area contributed by atoms with Gasteiger partial charge in [0.05, 0.1) is 15.2 Å². The van der Waals surface area contributed by atoms with Gasteiger partial charge in [0.25, 0.3) is 0 Å². The van der Waals surface area contributed by atoms with Gasteiger partial charge < -0.3 is 15.6 Å². The van der Waals surface area contributed by atoms with Gasteiger partial charge in [0.15, 0.2) is 26.5 Å². The average Bonchev–Trinajstić information content (AvgIpc) is 3.31. The van der Waals surface area contributed by atoms with Crippen LogP contribution >= 0.6 is 34.7 Å². The lowest BCUT2D eigenvalue weighted by atomic mass is 10.2. The molecular weight excluding hydrogens is 438 g/mol. The highest BCUT2D eigenvalue weighted by atomic mass is 35.5. The van der Waals surface area contributed by atoms with Crippen LogP contribution in [0.15, 0.2) is 34.0 Å². The summed E-state index contributed by atoms with van der Waals surface area (Å²) < 4.78 is 3.98. The van der Waals surface area contributed by atoms with E-state index in [1.165, 1.54) is 18.1 Å². The SMILES string of the molecule is CCC(CC)NCCCn1c(Sc2nc3cccc(Cl)c3s2)nc2c(N)ncnc21. The summed E-state index contributed by atoms with van der Waals surface area (Å²) in [7, 11) is 0. The lowest BCUT2D eigenvalue weighted by molar-refractivity contribution is 0.462. The van der Waals surface area contributed by atoms with Crippen molar-refractivity contribution in [1.82, 2.24) is 29.8 Å². The summed E-state index contributed by atoms with van der Waals surface area (Å²) in [4.78, 5) is 18.0. The monoisotopic (exact) mass is 461 g/mol. The van der Waals surface area contributed by atoms with Crippen LogP contribution in [0.25, 0.3) is 21.4 Å². The van der Waals surface area contributed by atoms with Crippen molar-refractivity contribution in [1.29, 1.82) is 0 Å². The van der Waals surface area contributed by atoms with Gasteiger partial charge >= 0.3 is 0 Å². The minimum Gasteiger partial charge on any atom is -0.382 e. The molecule has 0 atom stereocenters. The van der Waals surface area contributed by atoms with Gasteiger partial charge in [0.1, 0.15) is 6.33 Å². The van der Waals surface area contributed by atoms with Crippen LogP contribution in [0, 0.1) is 0 Å². The summed E-state index contributed by atoms with van der Waals surface area (Å²) in [5.41, 5.74) is 8.35.